The number of anilines is 1. The average molecular weight is 410 g/mol. The number of benzene rings is 2. The van der Waals surface area contributed by atoms with Crippen LogP contribution in [0.25, 0.3) is 39.3 Å². The van der Waals surface area contributed by atoms with E-state index < -0.39 is 0 Å². The largest absolute Gasteiger partial charge is 0.437 e. The molecule has 0 aliphatic heterocycles. The van der Waals surface area contributed by atoms with Crippen molar-refractivity contribution >= 4 is 27.9 Å². The number of imidazole rings is 2. The van der Waals surface area contributed by atoms with E-state index in [1.165, 1.54) is 0 Å². The highest BCUT2D eigenvalue weighted by molar-refractivity contribution is 5.85. The average Bonchev–Trinajstić information content (AvgIpc) is 3.52. The van der Waals surface area contributed by atoms with Crippen LogP contribution in [0.15, 0.2) is 71.8 Å². The number of nitrogens with one attached hydrogen (secondary N) is 1. The van der Waals surface area contributed by atoms with Crippen molar-refractivity contribution in [1.29, 1.82) is 0 Å². The highest BCUT2D eigenvalue weighted by Crippen LogP contribution is 2.33. The van der Waals surface area contributed by atoms with Gasteiger partial charge in [-0.1, -0.05) is 24.3 Å². The molecule has 0 amide bonds. The number of aromatic amines is 1. The lowest BCUT2D eigenvalue weighted by molar-refractivity contribution is 0.310. The minimum Gasteiger partial charge on any atom is -0.437 e. The van der Waals surface area contributed by atoms with Gasteiger partial charge in [0.1, 0.15) is 11.0 Å². The summed E-state index contributed by atoms with van der Waals surface area (Å²) in [5, 5.41) is 7.61. The van der Waals surface area contributed by atoms with Gasteiger partial charge in [0.25, 0.3) is 0 Å². The number of H-pyrrole nitrogens is 1. The van der Waals surface area contributed by atoms with Crippen LogP contribution in [-0.2, 0) is 0 Å². The summed E-state index contributed by atoms with van der Waals surface area (Å²) in [6.45, 7) is 0. The molecule has 31 heavy (non-hydrogen) atoms. The van der Waals surface area contributed by atoms with Crippen LogP contribution in [0.3, 0.4) is 0 Å². The molecule has 4 heterocycles. The van der Waals surface area contributed by atoms with Gasteiger partial charge in [0.15, 0.2) is 23.1 Å². The van der Waals surface area contributed by atoms with E-state index in [1.807, 2.05) is 59.2 Å². The van der Waals surface area contributed by atoms with Crippen LogP contribution in [0.1, 0.15) is 0 Å². The normalized spacial score (nSPS) is 11.4. The molecule has 10 nitrogen and oxygen atoms in total. The predicted molar refractivity (Wildman–Crippen MR) is 113 cm³/mol. The molecule has 0 atom stereocenters. The Morgan fingerprint density at radius 2 is 1.90 bits per heavy atom. The van der Waals surface area contributed by atoms with Gasteiger partial charge in [-0.05, 0) is 34.6 Å². The molecule has 0 aliphatic rings. The van der Waals surface area contributed by atoms with Crippen molar-refractivity contribution in [2.75, 3.05) is 5.73 Å². The number of aromatic nitrogens is 7. The van der Waals surface area contributed by atoms with Crippen molar-refractivity contribution in [2.45, 2.75) is 0 Å². The molecular weight excluding hydrogens is 396 g/mol. The van der Waals surface area contributed by atoms with Crippen LogP contribution >= 0.6 is 0 Å². The Morgan fingerprint density at radius 1 is 1.00 bits per heavy atom. The Kier molecular flexibility index (Phi) is 3.69. The lowest BCUT2D eigenvalue weighted by Crippen LogP contribution is -2.00. The third-order valence-electron chi connectivity index (χ3n) is 4.88. The summed E-state index contributed by atoms with van der Waals surface area (Å²) < 4.78 is 12.8. The maximum atomic E-state index is 6.07. The molecule has 0 spiro atoms. The second-order valence-corrected chi connectivity index (χ2v) is 6.77. The van der Waals surface area contributed by atoms with Gasteiger partial charge in [0.05, 0.1) is 23.6 Å². The zero-order chi connectivity index (χ0) is 20.8. The van der Waals surface area contributed by atoms with E-state index in [1.54, 1.807) is 12.5 Å². The molecule has 0 bridgehead atoms. The number of ether oxygens (including phenoxy) is 1. The fraction of sp³-hybridized carbons (Fsp3) is 0. The van der Waals surface area contributed by atoms with Crippen LogP contribution in [0.4, 0.5) is 5.82 Å². The van der Waals surface area contributed by atoms with Crippen LogP contribution in [0, 0.1) is 0 Å². The summed E-state index contributed by atoms with van der Waals surface area (Å²) in [7, 11) is 0. The Morgan fingerprint density at radius 3 is 2.74 bits per heavy atom. The summed E-state index contributed by atoms with van der Waals surface area (Å²) in [5.74, 6) is 1.65. The van der Waals surface area contributed by atoms with Gasteiger partial charge in [0, 0.05) is 11.8 Å². The Bertz CT molecular complexity index is 1530. The number of hydrogen-bond acceptors (Lipinski definition) is 8. The molecule has 0 saturated heterocycles. The first kappa shape index (κ1) is 17.2. The Hall–Kier alpha value is -4.73. The molecule has 6 aromatic rings. The monoisotopic (exact) mass is 410 g/mol. The summed E-state index contributed by atoms with van der Waals surface area (Å²) in [4.78, 5) is 16.5. The van der Waals surface area contributed by atoms with E-state index in [4.69, 9.17) is 15.1 Å². The van der Waals surface area contributed by atoms with Gasteiger partial charge in [-0.25, -0.2) is 19.6 Å². The van der Waals surface area contributed by atoms with E-state index in [9.17, 15) is 0 Å². The first-order valence-corrected chi connectivity index (χ1v) is 9.40. The number of pyridine rings is 1. The first-order valence-electron chi connectivity index (χ1n) is 9.40. The molecule has 4 aromatic heterocycles. The third-order valence-corrected chi connectivity index (χ3v) is 4.88. The summed E-state index contributed by atoms with van der Waals surface area (Å²) in [6.07, 6.45) is 3.27. The third kappa shape index (κ3) is 2.77. The summed E-state index contributed by atoms with van der Waals surface area (Å²) >= 11 is 0. The molecular formula is C21H14N8O2. The highest BCUT2D eigenvalue weighted by atomic mass is 16.6. The standard InChI is InChI=1S/C21H14N8O2/c22-20-19(27-31-28-20)21-26-14-10-23-17(9-15(14)29(21)12-5-2-1-3-6-12)30-16-8-4-7-13-18(16)25-11-24-13/h1-11H,(H2,22,28)(H,24,25). The van der Waals surface area contributed by atoms with Crippen molar-refractivity contribution in [2.24, 2.45) is 0 Å². The predicted octanol–water partition coefficient (Wildman–Crippen LogP) is 3.72. The molecule has 0 saturated carbocycles. The second kappa shape index (κ2) is 6.66. The Balaban J connectivity index is 1.54. The van der Waals surface area contributed by atoms with Gasteiger partial charge < -0.3 is 15.5 Å². The number of nitrogens with zero attached hydrogens (tertiary/aromatic N) is 6. The number of hydrogen-bond donors (Lipinski definition) is 2. The number of nitrogen functional groups attached to an aromatic ring is 1. The number of fused-ring (bicyclic) bond motifs is 2. The van der Waals surface area contributed by atoms with Crippen molar-refractivity contribution in [3.05, 3.63) is 67.1 Å². The maximum Gasteiger partial charge on any atom is 0.221 e. The molecule has 150 valence electrons. The number of nitrogens with two attached hydrogens (primary N) is 1. The lowest BCUT2D eigenvalue weighted by atomic mass is 10.3. The zero-order valence-electron chi connectivity index (χ0n) is 15.9. The molecule has 0 radical (unpaired) electrons. The zero-order valence-corrected chi connectivity index (χ0v) is 15.9. The molecule has 0 unspecified atom stereocenters. The molecule has 0 fully saturated rings. The van der Waals surface area contributed by atoms with Crippen molar-refractivity contribution in [3.8, 4) is 28.8 Å². The first-order chi connectivity index (χ1) is 15.3. The van der Waals surface area contributed by atoms with Crippen molar-refractivity contribution in [3.63, 3.8) is 0 Å². The lowest BCUT2D eigenvalue weighted by Gasteiger charge is -2.09. The van der Waals surface area contributed by atoms with Gasteiger partial charge in [-0.3, -0.25) is 4.57 Å². The van der Waals surface area contributed by atoms with Crippen LogP contribution < -0.4 is 10.5 Å². The van der Waals surface area contributed by atoms with E-state index in [0.29, 0.717) is 28.7 Å². The fourth-order valence-electron chi connectivity index (χ4n) is 3.50. The maximum absolute atomic E-state index is 6.07. The van der Waals surface area contributed by atoms with Crippen LogP contribution in [0.2, 0.25) is 0 Å². The number of rotatable bonds is 4. The van der Waals surface area contributed by atoms with Gasteiger partial charge in [0.2, 0.25) is 5.88 Å². The van der Waals surface area contributed by atoms with E-state index >= 15 is 0 Å². The summed E-state index contributed by atoms with van der Waals surface area (Å²) in [6, 6.07) is 17.2. The molecule has 0 aliphatic carbocycles. The van der Waals surface area contributed by atoms with Crippen molar-refractivity contribution < 1.29 is 9.37 Å². The Labute approximate surface area is 174 Å². The van der Waals surface area contributed by atoms with Crippen LogP contribution in [-0.4, -0.2) is 34.8 Å². The minimum absolute atomic E-state index is 0.155. The van der Waals surface area contributed by atoms with E-state index in [2.05, 4.69) is 30.2 Å². The second-order valence-electron chi connectivity index (χ2n) is 6.77. The van der Waals surface area contributed by atoms with E-state index in [0.717, 1.165) is 22.2 Å². The smallest absolute Gasteiger partial charge is 0.221 e. The minimum atomic E-state index is 0.155. The quantitative estimate of drug-likeness (QED) is 0.449. The van der Waals surface area contributed by atoms with Gasteiger partial charge >= 0.3 is 0 Å². The van der Waals surface area contributed by atoms with Gasteiger partial charge in [-0.2, -0.15) is 0 Å². The fourth-order valence-corrected chi connectivity index (χ4v) is 3.50. The van der Waals surface area contributed by atoms with Crippen LogP contribution in [0.5, 0.6) is 11.6 Å². The van der Waals surface area contributed by atoms with Crippen molar-refractivity contribution in [1.82, 2.24) is 34.8 Å². The SMILES string of the molecule is Nc1nonc1-c1nc2cnc(Oc3cccc4[nH]cnc34)cc2n1-c1ccccc1. The van der Waals surface area contributed by atoms with E-state index in [-0.39, 0.29) is 5.82 Å². The molecule has 2 aromatic carbocycles. The number of para-hydroxylation sites is 2. The van der Waals surface area contributed by atoms with Gasteiger partial charge in [-0.15, -0.1) is 0 Å². The summed E-state index contributed by atoms with van der Waals surface area (Å²) in [5.41, 5.74) is 10.2. The topological polar surface area (TPSA) is 134 Å². The molecule has 10 heteroatoms. The molecule has 6 rings (SSSR count). The highest BCUT2D eigenvalue weighted by Gasteiger charge is 2.21. The molecule has 3 N–H and O–H groups in total.